The van der Waals surface area contributed by atoms with Crippen molar-refractivity contribution < 1.29 is 4.79 Å². The zero-order valence-corrected chi connectivity index (χ0v) is 13.4. The maximum Gasteiger partial charge on any atom is 0.202 e. The minimum Gasteiger partial charge on any atom is -0.285 e. The fraction of sp³-hybridized carbons (Fsp3) is 0.286. The van der Waals surface area contributed by atoms with Crippen molar-refractivity contribution in [3.8, 4) is 23.0 Å². The average Bonchev–Trinajstić information content (AvgIpc) is 2.54. The summed E-state index contributed by atoms with van der Waals surface area (Å²) in [6.07, 6.45) is 4.98. The van der Waals surface area contributed by atoms with Gasteiger partial charge in [0.2, 0.25) is 5.78 Å². The van der Waals surface area contributed by atoms with Gasteiger partial charge in [-0.05, 0) is 47.6 Å². The number of unbranched alkanes of at least 4 members (excludes halogenated alkanes) is 2. The summed E-state index contributed by atoms with van der Waals surface area (Å²) in [4.78, 5) is 10.9. The van der Waals surface area contributed by atoms with E-state index in [1.807, 2.05) is 12.1 Å². The Morgan fingerprint density at radius 2 is 1.50 bits per heavy atom. The first-order valence-electron chi connectivity index (χ1n) is 7.91. The van der Waals surface area contributed by atoms with Gasteiger partial charge in [-0.1, -0.05) is 62.1 Å². The Morgan fingerprint density at radius 1 is 0.909 bits per heavy atom. The molecule has 0 aliphatic carbocycles. The Labute approximate surface area is 133 Å². The van der Waals surface area contributed by atoms with Crippen molar-refractivity contribution >= 4 is 5.78 Å². The van der Waals surface area contributed by atoms with Crippen molar-refractivity contribution in [1.29, 1.82) is 0 Å². The Kier molecular flexibility index (Phi) is 5.98. The molecule has 0 aliphatic rings. The summed E-state index contributed by atoms with van der Waals surface area (Å²) in [5, 5.41) is 0. The van der Waals surface area contributed by atoms with Gasteiger partial charge in [-0.25, -0.2) is 0 Å². The number of hydrogen-bond acceptors (Lipinski definition) is 1. The Hall–Kier alpha value is -2.33. The zero-order chi connectivity index (χ0) is 15.8. The molecule has 0 N–H and O–H groups in total. The van der Waals surface area contributed by atoms with E-state index in [-0.39, 0.29) is 5.78 Å². The van der Waals surface area contributed by atoms with Gasteiger partial charge in [-0.3, -0.25) is 4.79 Å². The fourth-order valence-electron chi connectivity index (χ4n) is 2.35. The summed E-state index contributed by atoms with van der Waals surface area (Å²) in [7, 11) is 0. The highest BCUT2D eigenvalue weighted by Gasteiger charge is 1.99. The number of hydrogen-bond donors (Lipinski definition) is 0. The van der Waals surface area contributed by atoms with E-state index in [1.54, 1.807) is 0 Å². The minimum atomic E-state index is -0.109. The smallest absolute Gasteiger partial charge is 0.202 e. The van der Waals surface area contributed by atoms with E-state index >= 15 is 0 Å². The van der Waals surface area contributed by atoms with Crippen LogP contribution in [0.3, 0.4) is 0 Å². The molecule has 112 valence electrons. The number of ketones is 1. The first-order chi connectivity index (χ1) is 10.7. The molecule has 0 heterocycles. The largest absolute Gasteiger partial charge is 0.285 e. The molecule has 0 atom stereocenters. The highest BCUT2D eigenvalue weighted by atomic mass is 16.1. The quantitative estimate of drug-likeness (QED) is 0.558. The molecule has 2 aromatic carbocycles. The molecule has 22 heavy (non-hydrogen) atoms. The number of Topliss-reactive ketones (excluding diaryl/α,β-unsaturated/α-hetero) is 1. The van der Waals surface area contributed by atoms with Crippen LogP contribution in [-0.4, -0.2) is 5.78 Å². The summed E-state index contributed by atoms with van der Waals surface area (Å²) in [5.74, 6) is 5.32. The molecule has 0 unspecified atom stereocenters. The number of benzene rings is 2. The van der Waals surface area contributed by atoms with Crippen molar-refractivity contribution in [2.24, 2.45) is 0 Å². The maximum atomic E-state index is 10.9. The molecular weight excluding hydrogens is 268 g/mol. The fourth-order valence-corrected chi connectivity index (χ4v) is 2.35. The van der Waals surface area contributed by atoms with Crippen molar-refractivity contribution in [3.63, 3.8) is 0 Å². The van der Waals surface area contributed by atoms with Crippen LogP contribution >= 0.6 is 0 Å². The van der Waals surface area contributed by atoms with E-state index in [2.05, 4.69) is 55.2 Å². The molecule has 0 saturated carbocycles. The molecule has 2 aromatic rings. The molecular formula is C21H22O. The summed E-state index contributed by atoms with van der Waals surface area (Å²) in [6, 6.07) is 16.8. The average molecular weight is 290 g/mol. The lowest BCUT2D eigenvalue weighted by Crippen LogP contribution is -1.86. The van der Waals surface area contributed by atoms with Crippen molar-refractivity contribution in [1.82, 2.24) is 0 Å². The van der Waals surface area contributed by atoms with E-state index in [0.717, 1.165) is 12.0 Å². The second-order valence-electron chi connectivity index (χ2n) is 5.54. The van der Waals surface area contributed by atoms with Gasteiger partial charge in [-0.2, -0.15) is 0 Å². The number of rotatable bonds is 5. The second-order valence-corrected chi connectivity index (χ2v) is 5.54. The van der Waals surface area contributed by atoms with E-state index in [0.29, 0.717) is 0 Å². The van der Waals surface area contributed by atoms with Crippen LogP contribution in [0.4, 0.5) is 0 Å². The third kappa shape index (κ3) is 4.90. The van der Waals surface area contributed by atoms with E-state index in [9.17, 15) is 4.79 Å². The summed E-state index contributed by atoms with van der Waals surface area (Å²) < 4.78 is 0. The summed E-state index contributed by atoms with van der Waals surface area (Å²) >= 11 is 0. The molecule has 0 spiro atoms. The molecule has 0 aliphatic heterocycles. The molecule has 2 rings (SSSR count). The Balaban J connectivity index is 2.05. The first kappa shape index (κ1) is 16.0. The highest BCUT2D eigenvalue weighted by Crippen LogP contribution is 2.21. The standard InChI is InChI=1S/C21H22O/c1-3-4-5-6-18-9-13-20(14-10-18)21-15-11-19(12-16-21)8-7-17(2)22/h9-16H,3-6H2,1-2H3. The van der Waals surface area contributed by atoms with Crippen molar-refractivity contribution in [2.45, 2.75) is 39.5 Å². The van der Waals surface area contributed by atoms with Crippen LogP contribution in [0.1, 0.15) is 44.2 Å². The lowest BCUT2D eigenvalue weighted by molar-refractivity contribution is -0.111. The maximum absolute atomic E-state index is 10.9. The highest BCUT2D eigenvalue weighted by molar-refractivity contribution is 5.93. The SMILES string of the molecule is CCCCCc1ccc(-c2ccc(C#CC(C)=O)cc2)cc1. The summed E-state index contributed by atoms with van der Waals surface area (Å²) in [5.41, 5.74) is 4.66. The van der Waals surface area contributed by atoms with Crippen LogP contribution in [0.15, 0.2) is 48.5 Å². The lowest BCUT2D eigenvalue weighted by atomic mass is 10.0. The molecule has 0 aromatic heterocycles. The third-order valence-electron chi connectivity index (χ3n) is 3.62. The molecule has 1 nitrogen and oxygen atoms in total. The van der Waals surface area contributed by atoms with Gasteiger partial charge in [0, 0.05) is 12.5 Å². The molecule has 0 radical (unpaired) electrons. The van der Waals surface area contributed by atoms with Gasteiger partial charge in [-0.15, -0.1) is 0 Å². The van der Waals surface area contributed by atoms with Gasteiger partial charge in [0.1, 0.15) is 0 Å². The normalized spacial score (nSPS) is 9.91. The van der Waals surface area contributed by atoms with Gasteiger partial charge in [0.05, 0.1) is 0 Å². The first-order valence-corrected chi connectivity index (χ1v) is 7.91. The van der Waals surface area contributed by atoms with Crippen LogP contribution in [0.25, 0.3) is 11.1 Å². The number of carbonyl (C=O) groups is 1. The Bertz CT molecular complexity index is 667. The zero-order valence-electron chi connectivity index (χ0n) is 13.4. The van der Waals surface area contributed by atoms with Crippen molar-refractivity contribution in [2.75, 3.05) is 0 Å². The molecule has 0 bridgehead atoms. The van der Waals surface area contributed by atoms with Gasteiger partial charge in [0.15, 0.2) is 0 Å². The minimum absolute atomic E-state index is 0.109. The van der Waals surface area contributed by atoms with E-state index in [4.69, 9.17) is 0 Å². The number of aryl methyl sites for hydroxylation is 1. The monoisotopic (exact) mass is 290 g/mol. The third-order valence-corrected chi connectivity index (χ3v) is 3.62. The van der Waals surface area contributed by atoms with Crippen LogP contribution in [-0.2, 0) is 11.2 Å². The molecule has 0 fully saturated rings. The predicted octanol–water partition coefficient (Wildman–Crippen LogP) is 5.03. The van der Waals surface area contributed by atoms with Crippen LogP contribution < -0.4 is 0 Å². The predicted molar refractivity (Wildman–Crippen MR) is 92.7 cm³/mol. The summed E-state index contributed by atoms with van der Waals surface area (Å²) in [6.45, 7) is 3.71. The van der Waals surface area contributed by atoms with Gasteiger partial charge in [0.25, 0.3) is 0 Å². The van der Waals surface area contributed by atoms with Crippen LogP contribution in [0, 0.1) is 11.8 Å². The van der Waals surface area contributed by atoms with Crippen LogP contribution in [0.2, 0.25) is 0 Å². The van der Waals surface area contributed by atoms with Gasteiger partial charge < -0.3 is 0 Å². The van der Waals surface area contributed by atoms with E-state index < -0.39 is 0 Å². The van der Waals surface area contributed by atoms with E-state index in [1.165, 1.54) is 42.9 Å². The molecule has 0 amide bonds. The molecule has 0 saturated heterocycles. The topological polar surface area (TPSA) is 17.1 Å². The Morgan fingerprint density at radius 3 is 2.05 bits per heavy atom. The number of carbonyl (C=O) groups excluding carboxylic acids is 1. The van der Waals surface area contributed by atoms with Crippen molar-refractivity contribution in [3.05, 3.63) is 59.7 Å². The van der Waals surface area contributed by atoms with Gasteiger partial charge >= 0.3 is 0 Å². The second kappa shape index (κ2) is 8.20. The van der Waals surface area contributed by atoms with Crippen LogP contribution in [0.5, 0.6) is 0 Å². The lowest BCUT2D eigenvalue weighted by Gasteiger charge is -2.05. The molecule has 1 heteroatoms.